The lowest BCUT2D eigenvalue weighted by Gasteiger charge is -2.53. The smallest absolute Gasteiger partial charge is 0.119 e. The SMILES string of the molecule is C[C@]12C[C@H](c3ccc(OCCN4CCCCC4)cc3)[C@@H]3c4ccc(O)cc4CC[C@H]3[C@@H]1CCC2F. The number of fused-ring (bicyclic) bond motifs is 5. The van der Waals surface area contributed by atoms with E-state index < -0.39 is 6.17 Å². The molecule has 6 rings (SSSR count). The van der Waals surface area contributed by atoms with Crippen molar-refractivity contribution in [2.24, 2.45) is 17.3 Å². The maximum absolute atomic E-state index is 15.3. The van der Waals surface area contributed by atoms with Crippen LogP contribution in [0.25, 0.3) is 0 Å². The molecule has 3 aliphatic carbocycles. The van der Waals surface area contributed by atoms with Gasteiger partial charge in [-0.05, 0) is 123 Å². The van der Waals surface area contributed by atoms with Crippen LogP contribution in [0.2, 0.25) is 0 Å². The molecule has 0 radical (unpaired) electrons. The molecule has 3 fully saturated rings. The highest BCUT2D eigenvalue weighted by Crippen LogP contribution is 2.65. The number of piperidine rings is 1. The molecule has 0 spiro atoms. The van der Waals surface area contributed by atoms with Crippen LogP contribution in [0.4, 0.5) is 4.39 Å². The second-order valence-corrected chi connectivity index (χ2v) is 11.9. The van der Waals surface area contributed by atoms with Crippen molar-refractivity contribution in [3.63, 3.8) is 0 Å². The van der Waals surface area contributed by atoms with Gasteiger partial charge in [-0.2, -0.15) is 0 Å². The molecule has 1 unspecified atom stereocenters. The zero-order valence-electron chi connectivity index (χ0n) is 21.1. The lowest BCUT2D eigenvalue weighted by Crippen LogP contribution is -2.46. The average molecular weight is 478 g/mol. The lowest BCUT2D eigenvalue weighted by atomic mass is 9.51. The Balaban J connectivity index is 1.25. The second-order valence-electron chi connectivity index (χ2n) is 11.9. The summed E-state index contributed by atoms with van der Waals surface area (Å²) in [6, 6.07) is 14.7. The molecule has 6 atom stereocenters. The largest absolute Gasteiger partial charge is 0.508 e. The Morgan fingerprint density at radius 3 is 2.63 bits per heavy atom. The molecule has 188 valence electrons. The molecule has 1 saturated heterocycles. The number of hydrogen-bond acceptors (Lipinski definition) is 3. The predicted molar refractivity (Wildman–Crippen MR) is 138 cm³/mol. The van der Waals surface area contributed by atoms with Crippen LogP contribution >= 0.6 is 0 Å². The summed E-state index contributed by atoms with van der Waals surface area (Å²) in [5, 5.41) is 10.1. The maximum Gasteiger partial charge on any atom is 0.119 e. The van der Waals surface area contributed by atoms with Crippen molar-refractivity contribution in [2.45, 2.75) is 76.3 Å². The molecule has 4 heteroatoms. The van der Waals surface area contributed by atoms with Gasteiger partial charge in [0.1, 0.15) is 24.3 Å². The molecule has 0 bridgehead atoms. The molecule has 1 heterocycles. The van der Waals surface area contributed by atoms with Crippen LogP contribution in [0, 0.1) is 17.3 Å². The number of ether oxygens (including phenoxy) is 1. The molecule has 2 aromatic rings. The lowest BCUT2D eigenvalue weighted by molar-refractivity contribution is 0.00138. The van der Waals surface area contributed by atoms with Crippen molar-refractivity contribution in [3.8, 4) is 11.5 Å². The number of benzene rings is 2. The number of phenolic OH excluding ortho intramolecular Hbond substituents is 1. The maximum atomic E-state index is 15.3. The summed E-state index contributed by atoms with van der Waals surface area (Å²) >= 11 is 0. The third-order valence-electron chi connectivity index (χ3n) is 10.0. The molecule has 0 amide bonds. The number of aryl methyl sites for hydroxylation is 1. The van der Waals surface area contributed by atoms with E-state index >= 15 is 4.39 Å². The van der Waals surface area contributed by atoms with Crippen molar-refractivity contribution >= 4 is 0 Å². The van der Waals surface area contributed by atoms with Crippen molar-refractivity contribution in [1.82, 2.24) is 4.90 Å². The fourth-order valence-corrected chi connectivity index (χ4v) is 8.25. The third-order valence-corrected chi connectivity index (χ3v) is 10.0. The van der Waals surface area contributed by atoms with Gasteiger partial charge in [0.15, 0.2) is 0 Å². The second kappa shape index (κ2) is 9.42. The molecule has 2 saturated carbocycles. The number of likely N-dealkylation sites (tertiary alicyclic amines) is 1. The van der Waals surface area contributed by atoms with E-state index in [9.17, 15) is 5.11 Å². The van der Waals surface area contributed by atoms with Crippen molar-refractivity contribution < 1.29 is 14.2 Å². The van der Waals surface area contributed by atoms with Crippen LogP contribution in [-0.4, -0.2) is 42.4 Å². The van der Waals surface area contributed by atoms with Crippen molar-refractivity contribution in [3.05, 3.63) is 59.2 Å². The Kier molecular flexibility index (Phi) is 6.28. The molecule has 2 aromatic carbocycles. The number of nitrogens with zero attached hydrogens (tertiary/aromatic N) is 1. The summed E-state index contributed by atoms with van der Waals surface area (Å²) in [7, 11) is 0. The van der Waals surface area contributed by atoms with E-state index in [1.807, 2.05) is 12.1 Å². The molecule has 0 aromatic heterocycles. The van der Waals surface area contributed by atoms with E-state index in [0.29, 0.717) is 35.8 Å². The summed E-state index contributed by atoms with van der Waals surface area (Å²) in [6.45, 7) is 6.34. The number of phenols is 1. The number of alkyl halides is 1. The molecule has 1 aliphatic heterocycles. The molecular weight excluding hydrogens is 437 g/mol. The molecular formula is C31H40FNO2. The highest BCUT2D eigenvalue weighted by atomic mass is 19.1. The molecule has 1 N–H and O–H groups in total. The number of hydrogen-bond donors (Lipinski definition) is 1. The van der Waals surface area contributed by atoms with Gasteiger partial charge in [-0.1, -0.05) is 31.5 Å². The first-order chi connectivity index (χ1) is 17.0. The Morgan fingerprint density at radius 2 is 1.83 bits per heavy atom. The van der Waals surface area contributed by atoms with Gasteiger partial charge in [0.2, 0.25) is 0 Å². The van der Waals surface area contributed by atoms with E-state index in [-0.39, 0.29) is 5.41 Å². The minimum Gasteiger partial charge on any atom is -0.508 e. The number of rotatable bonds is 5. The van der Waals surface area contributed by atoms with Crippen molar-refractivity contribution in [2.75, 3.05) is 26.2 Å². The molecule has 4 aliphatic rings. The summed E-state index contributed by atoms with van der Waals surface area (Å²) in [5.74, 6) is 2.95. The van der Waals surface area contributed by atoms with Gasteiger partial charge in [0, 0.05) is 12.0 Å². The quantitative estimate of drug-likeness (QED) is 0.511. The van der Waals surface area contributed by atoms with E-state index in [2.05, 4.69) is 42.2 Å². The van der Waals surface area contributed by atoms with Gasteiger partial charge in [-0.15, -0.1) is 0 Å². The summed E-state index contributed by atoms with van der Waals surface area (Å²) < 4.78 is 21.4. The van der Waals surface area contributed by atoms with Crippen LogP contribution in [-0.2, 0) is 6.42 Å². The highest BCUT2D eigenvalue weighted by Gasteiger charge is 2.58. The van der Waals surface area contributed by atoms with Crippen LogP contribution in [0.5, 0.6) is 11.5 Å². The highest BCUT2D eigenvalue weighted by molar-refractivity contribution is 5.43. The van der Waals surface area contributed by atoms with Gasteiger partial charge in [-0.25, -0.2) is 4.39 Å². The van der Waals surface area contributed by atoms with Crippen molar-refractivity contribution in [1.29, 1.82) is 0 Å². The van der Waals surface area contributed by atoms with Crippen LogP contribution < -0.4 is 4.74 Å². The number of aromatic hydroxyl groups is 1. The van der Waals surface area contributed by atoms with E-state index in [1.165, 1.54) is 49.0 Å². The first-order valence-corrected chi connectivity index (χ1v) is 13.9. The fourth-order valence-electron chi connectivity index (χ4n) is 8.25. The van der Waals surface area contributed by atoms with Gasteiger partial charge < -0.3 is 9.84 Å². The van der Waals surface area contributed by atoms with Gasteiger partial charge in [-0.3, -0.25) is 4.90 Å². The Labute approximate surface area is 209 Å². The summed E-state index contributed by atoms with van der Waals surface area (Å²) in [6.07, 6.45) is 7.99. The first kappa shape index (κ1) is 23.3. The van der Waals surface area contributed by atoms with Gasteiger partial charge in [0.05, 0.1) is 0 Å². The summed E-state index contributed by atoms with van der Waals surface area (Å²) in [5.41, 5.74) is 3.75. The zero-order chi connectivity index (χ0) is 24.0. The Morgan fingerprint density at radius 1 is 1.03 bits per heavy atom. The van der Waals surface area contributed by atoms with E-state index in [1.54, 1.807) is 0 Å². The van der Waals surface area contributed by atoms with Crippen LogP contribution in [0.1, 0.15) is 80.4 Å². The first-order valence-electron chi connectivity index (χ1n) is 13.9. The minimum absolute atomic E-state index is 0.232. The zero-order valence-corrected chi connectivity index (χ0v) is 21.1. The standard InChI is InChI=1S/C31H40FNO2/c1-31-20-27(21-5-9-24(10-6-21)35-18-17-33-15-3-2-4-16-33)30-25-12-8-23(34)19-22(25)7-11-26(30)28(31)13-14-29(31)32/h5-6,8-10,12,19,26-30,34H,2-4,7,11,13-18,20H2,1H3/t26-,27+,28-,29?,30+,31-/m0/s1. The Hall–Kier alpha value is -2.07. The topological polar surface area (TPSA) is 32.7 Å². The normalized spacial score (nSPS) is 34.6. The van der Waals surface area contributed by atoms with E-state index in [4.69, 9.17) is 4.74 Å². The third kappa shape index (κ3) is 4.26. The Bertz CT molecular complexity index is 1030. The van der Waals surface area contributed by atoms with Crippen LogP contribution in [0.15, 0.2) is 42.5 Å². The molecule has 3 nitrogen and oxygen atoms in total. The van der Waals surface area contributed by atoms with Crippen LogP contribution in [0.3, 0.4) is 0 Å². The van der Waals surface area contributed by atoms with E-state index in [0.717, 1.165) is 44.6 Å². The average Bonchev–Trinajstić information content (AvgIpc) is 3.18. The van der Waals surface area contributed by atoms with Gasteiger partial charge >= 0.3 is 0 Å². The minimum atomic E-state index is -0.699. The molecule has 35 heavy (non-hydrogen) atoms. The predicted octanol–water partition coefficient (Wildman–Crippen LogP) is 6.84. The monoisotopic (exact) mass is 477 g/mol. The summed E-state index contributed by atoms with van der Waals surface area (Å²) in [4.78, 5) is 2.50. The number of halogens is 1. The fraction of sp³-hybridized carbons (Fsp3) is 0.613. The van der Waals surface area contributed by atoms with Gasteiger partial charge in [0.25, 0.3) is 0 Å².